The summed E-state index contributed by atoms with van der Waals surface area (Å²) >= 11 is 0. The number of hydrogen-bond acceptors (Lipinski definition) is 3. The van der Waals surface area contributed by atoms with E-state index < -0.39 is 5.82 Å². The number of nitrogens with zero attached hydrogens (tertiary/aromatic N) is 1. The van der Waals surface area contributed by atoms with E-state index in [1.54, 1.807) is 6.07 Å². The zero-order valence-electron chi connectivity index (χ0n) is 15.6. The van der Waals surface area contributed by atoms with Crippen molar-refractivity contribution in [1.29, 1.82) is 0 Å². The normalized spacial score (nSPS) is 12.6. The van der Waals surface area contributed by atoms with Gasteiger partial charge in [0.15, 0.2) is 11.6 Å². The molecule has 0 unspecified atom stereocenters. The molecule has 0 bridgehead atoms. The molecule has 0 radical (unpaired) electrons. The Labute approximate surface area is 163 Å². The summed E-state index contributed by atoms with van der Waals surface area (Å²) in [5, 5.41) is 2.98. The van der Waals surface area contributed by atoms with Gasteiger partial charge in [-0.2, -0.15) is 0 Å². The largest absolute Gasteiger partial charge is 0.494 e. The Hall–Kier alpha value is -3.34. The fourth-order valence-corrected chi connectivity index (χ4v) is 3.60. The van der Waals surface area contributed by atoms with Gasteiger partial charge in [0.05, 0.1) is 24.9 Å². The molecule has 1 amide bonds. The van der Waals surface area contributed by atoms with Crippen molar-refractivity contribution in [3.8, 4) is 5.75 Å². The number of para-hydroxylation sites is 3. The predicted molar refractivity (Wildman–Crippen MR) is 109 cm³/mol. The molecule has 0 saturated heterocycles. The lowest BCUT2D eigenvalue weighted by molar-refractivity contribution is -0.115. The van der Waals surface area contributed by atoms with Crippen LogP contribution in [0.3, 0.4) is 0 Å². The van der Waals surface area contributed by atoms with Crippen molar-refractivity contribution >= 4 is 23.0 Å². The molecule has 0 saturated carbocycles. The molecule has 4 rings (SSSR count). The number of halogens is 1. The summed E-state index contributed by atoms with van der Waals surface area (Å²) in [5.74, 6) is -0.492. The second-order valence-corrected chi connectivity index (χ2v) is 6.74. The van der Waals surface area contributed by atoms with Crippen LogP contribution in [0.25, 0.3) is 0 Å². The topological polar surface area (TPSA) is 41.6 Å². The van der Waals surface area contributed by atoms with E-state index in [0.29, 0.717) is 5.56 Å². The van der Waals surface area contributed by atoms with Crippen molar-refractivity contribution in [3.63, 3.8) is 0 Å². The highest BCUT2D eigenvalue weighted by molar-refractivity contribution is 5.96. The summed E-state index contributed by atoms with van der Waals surface area (Å²) in [6.45, 7) is 0.871. The Bertz CT molecular complexity index is 1020. The second kappa shape index (κ2) is 7.72. The van der Waals surface area contributed by atoms with Crippen LogP contribution in [0.4, 0.5) is 21.5 Å². The van der Waals surface area contributed by atoms with Crippen molar-refractivity contribution in [2.24, 2.45) is 0 Å². The van der Waals surface area contributed by atoms with Crippen molar-refractivity contribution in [2.75, 3.05) is 23.9 Å². The highest BCUT2D eigenvalue weighted by Gasteiger charge is 2.22. The fraction of sp³-hybridized carbons (Fsp3) is 0.174. The molecular formula is C23H21FN2O2. The number of benzene rings is 3. The minimum absolute atomic E-state index is 0.0891. The number of carbonyl (C=O) groups is 1. The van der Waals surface area contributed by atoms with Crippen LogP contribution >= 0.6 is 0 Å². The zero-order valence-corrected chi connectivity index (χ0v) is 15.6. The number of anilines is 3. The summed E-state index contributed by atoms with van der Waals surface area (Å²) in [4.78, 5) is 14.8. The average molecular weight is 376 g/mol. The van der Waals surface area contributed by atoms with Crippen LogP contribution in [-0.2, 0) is 17.6 Å². The quantitative estimate of drug-likeness (QED) is 0.701. The molecule has 5 heteroatoms. The van der Waals surface area contributed by atoms with Gasteiger partial charge >= 0.3 is 0 Å². The Kier molecular flexibility index (Phi) is 4.98. The number of hydrogen-bond donors (Lipinski definition) is 1. The number of rotatable bonds is 5. The molecule has 1 aliphatic rings. The van der Waals surface area contributed by atoms with Crippen LogP contribution < -0.4 is 15.0 Å². The van der Waals surface area contributed by atoms with Gasteiger partial charge in [0, 0.05) is 12.2 Å². The molecule has 28 heavy (non-hydrogen) atoms. The average Bonchev–Trinajstić information content (AvgIpc) is 3.12. The minimum Gasteiger partial charge on any atom is -0.494 e. The Morgan fingerprint density at radius 2 is 1.82 bits per heavy atom. The highest BCUT2D eigenvalue weighted by Crippen LogP contribution is 2.38. The Morgan fingerprint density at radius 1 is 1.07 bits per heavy atom. The molecule has 1 N–H and O–H groups in total. The first kappa shape index (κ1) is 18.0. The summed E-state index contributed by atoms with van der Waals surface area (Å²) < 4.78 is 18.8. The van der Waals surface area contributed by atoms with E-state index in [0.717, 1.165) is 24.3 Å². The minimum atomic E-state index is -0.470. The second-order valence-electron chi connectivity index (χ2n) is 6.74. The first-order valence-corrected chi connectivity index (χ1v) is 9.22. The molecule has 3 aromatic rings. The lowest BCUT2D eigenvalue weighted by Gasteiger charge is -2.23. The summed E-state index contributed by atoms with van der Waals surface area (Å²) in [7, 11) is 1.41. The van der Waals surface area contributed by atoms with E-state index in [9.17, 15) is 9.18 Å². The number of methoxy groups -OCH3 is 1. The molecule has 3 aromatic carbocycles. The van der Waals surface area contributed by atoms with Gasteiger partial charge < -0.3 is 15.0 Å². The SMILES string of the molecule is COc1ccc(CC(=O)Nc2ccccc2N2CCc3ccccc32)cc1F. The van der Waals surface area contributed by atoms with E-state index in [1.807, 2.05) is 36.4 Å². The smallest absolute Gasteiger partial charge is 0.228 e. The maximum absolute atomic E-state index is 13.9. The summed E-state index contributed by atoms with van der Waals surface area (Å²) in [6.07, 6.45) is 1.06. The van der Waals surface area contributed by atoms with Crippen molar-refractivity contribution in [3.05, 3.63) is 83.7 Å². The van der Waals surface area contributed by atoms with E-state index in [1.165, 1.54) is 30.5 Å². The third-order valence-electron chi connectivity index (χ3n) is 4.94. The summed E-state index contributed by atoms with van der Waals surface area (Å²) in [6, 6.07) is 20.6. The van der Waals surface area contributed by atoms with E-state index in [4.69, 9.17) is 4.74 Å². The van der Waals surface area contributed by atoms with Gasteiger partial charge in [-0.25, -0.2) is 4.39 Å². The molecule has 0 aliphatic carbocycles. The van der Waals surface area contributed by atoms with Crippen LogP contribution in [0.2, 0.25) is 0 Å². The lowest BCUT2D eigenvalue weighted by atomic mass is 10.1. The van der Waals surface area contributed by atoms with E-state index >= 15 is 0 Å². The number of fused-ring (bicyclic) bond motifs is 1. The molecule has 0 spiro atoms. The summed E-state index contributed by atoms with van der Waals surface area (Å²) in [5.41, 5.74) is 4.78. The molecule has 142 valence electrons. The maximum Gasteiger partial charge on any atom is 0.228 e. The molecule has 1 aliphatic heterocycles. The van der Waals surface area contributed by atoms with Gasteiger partial charge in [-0.15, -0.1) is 0 Å². The molecular weight excluding hydrogens is 355 g/mol. The number of nitrogens with one attached hydrogen (secondary N) is 1. The van der Waals surface area contributed by atoms with Crippen LogP contribution in [-0.4, -0.2) is 19.6 Å². The molecule has 0 atom stereocenters. The lowest BCUT2D eigenvalue weighted by Crippen LogP contribution is -2.19. The van der Waals surface area contributed by atoms with Crippen molar-refractivity contribution in [1.82, 2.24) is 0 Å². The van der Waals surface area contributed by atoms with Gasteiger partial charge in [0.2, 0.25) is 5.91 Å². The standard InChI is InChI=1S/C23H21FN2O2/c1-28-22-11-10-16(14-18(22)24)15-23(27)25-19-7-3-5-9-21(19)26-13-12-17-6-2-4-8-20(17)26/h2-11,14H,12-13,15H2,1H3,(H,25,27). The number of ether oxygens (including phenoxy) is 1. The number of amides is 1. The van der Waals surface area contributed by atoms with Gasteiger partial charge in [-0.1, -0.05) is 36.4 Å². The first-order chi connectivity index (χ1) is 13.7. The maximum atomic E-state index is 13.9. The van der Waals surface area contributed by atoms with Crippen LogP contribution in [0.5, 0.6) is 5.75 Å². The monoisotopic (exact) mass is 376 g/mol. The van der Waals surface area contributed by atoms with Crippen molar-refractivity contribution < 1.29 is 13.9 Å². The van der Waals surface area contributed by atoms with Crippen LogP contribution in [0.15, 0.2) is 66.7 Å². The Morgan fingerprint density at radius 3 is 2.61 bits per heavy atom. The third kappa shape index (κ3) is 3.56. The highest BCUT2D eigenvalue weighted by atomic mass is 19.1. The van der Waals surface area contributed by atoms with E-state index in [2.05, 4.69) is 22.3 Å². The third-order valence-corrected chi connectivity index (χ3v) is 4.94. The van der Waals surface area contributed by atoms with Gasteiger partial charge in [0.1, 0.15) is 0 Å². The fourth-order valence-electron chi connectivity index (χ4n) is 3.60. The Balaban J connectivity index is 1.53. The predicted octanol–water partition coefficient (Wildman–Crippen LogP) is 4.71. The first-order valence-electron chi connectivity index (χ1n) is 9.22. The van der Waals surface area contributed by atoms with Crippen LogP contribution in [0, 0.1) is 5.82 Å². The van der Waals surface area contributed by atoms with Gasteiger partial charge in [-0.3, -0.25) is 4.79 Å². The number of carbonyl (C=O) groups excluding carboxylic acids is 1. The van der Waals surface area contributed by atoms with Crippen LogP contribution in [0.1, 0.15) is 11.1 Å². The zero-order chi connectivity index (χ0) is 19.5. The molecule has 4 nitrogen and oxygen atoms in total. The van der Waals surface area contributed by atoms with Gasteiger partial charge in [-0.05, 0) is 47.9 Å². The van der Waals surface area contributed by atoms with Crippen molar-refractivity contribution in [2.45, 2.75) is 12.8 Å². The molecule has 0 aromatic heterocycles. The van der Waals surface area contributed by atoms with E-state index in [-0.39, 0.29) is 18.1 Å². The molecule has 1 heterocycles. The van der Waals surface area contributed by atoms with Gasteiger partial charge in [0.25, 0.3) is 0 Å². The molecule has 0 fully saturated rings.